The van der Waals surface area contributed by atoms with E-state index in [2.05, 4.69) is 4.74 Å². The summed E-state index contributed by atoms with van der Waals surface area (Å²) in [7, 11) is 0. The molecule has 6 heteroatoms. The van der Waals surface area contributed by atoms with Crippen molar-refractivity contribution in [1.82, 2.24) is 0 Å². The SMILES string of the molecule is CC(O)C(=O)OC(C)C(O)(O)O. The Morgan fingerprint density at radius 3 is 2.00 bits per heavy atom. The highest BCUT2D eigenvalue weighted by molar-refractivity contribution is 5.73. The number of carbonyl (C=O) groups excluding carboxylic acids is 1. The molecule has 0 amide bonds. The molecule has 0 bridgehead atoms. The Morgan fingerprint density at radius 1 is 1.33 bits per heavy atom. The number of esters is 1. The first-order valence-corrected chi connectivity index (χ1v) is 3.31. The molecule has 0 aliphatic heterocycles. The molecular weight excluding hydrogens is 168 g/mol. The molecule has 0 fully saturated rings. The molecule has 0 spiro atoms. The predicted molar refractivity (Wildman–Crippen MR) is 36.6 cm³/mol. The summed E-state index contributed by atoms with van der Waals surface area (Å²) in [6, 6.07) is 0. The van der Waals surface area contributed by atoms with Crippen LogP contribution in [-0.2, 0) is 9.53 Å². The predicted octanol–water partition coefficient (Wildman–Crippen LogP) is -2.07. The third kappa shape index (κ3) is 3.63. The summed E-state index contributed by atoms with van der Waals surface area (Å²) in [4.78, 5) is 10.6. The fraction of sp³-hybridized carbons (Fsp3) is 0.833. The van der Waals surface area contributed by atoms with Crippen molar-refractivity contribution < 1.29 is 30.0 Å². The maximum absolute atomic E-state index is 10.6. The van der Waals surface area contributed by atoms with Crippen LogP contribution in [0.25, 0.3) is 0 Å². The fourth-order valence-electron chi connectivity index (χ4n) is 0.352. The monoisotopic (exact) mass is 180 g/mol. The fourth-order valence-corrected chi connectivity index (χ4v) is 0.352. The second kappa shape index (κ2) is 3.81. The van der Waals surface area contributed by atoms with Crippen molar-refractivity contribution in [3.8, 4) is 0 Å². The Labute approximate surface area is 69.0 Å². The van der Waals surface area contributed by atoms with Gasteiger partial charge in [0.15, 0.2) is 6.10 Å². The van der Waals surface area contributed by atoms with Crippen molar-refractivity contribution in [2.45, 2.75) is 32.0 Å². The van der Waals surface area contributed by atoms with Crippen molar-refractivity contribution in [2.75, 3.05) is 0 Å². The molecule has 0 saturated heterocycles. The molecule has 0 aliphatic rings. The van der Waals surface area contributed by atoms with Gasteiger partial charge >= 0.3 is 11.9 Å². The maximum atomic E-state index is 10.6. The van der Waals surface area contributed by atoms with Gasteiger partial charge in [-0.15, -0.1) is 0 Å². The van der Waals surface area contributed by atoms with E-state index in [1.165, 1.54) is 0 Å². The molecule has 0 aliphatic carbocycles. The smallest absolute Gasteiger partial charge is 0.335 e. The van der Waals surface area contributed by atoms with Gasteiger partial charge in [0.2, 0.25) is 0 Å². The van der Waals surface area contributed by atoms with Crippen LogP contribution in [0, 0.1) is 0 Å². The summed E-state index contributed by atoms with van der Waals surface area (Å²) >= 11 is 0. The van der Waals surface area contributed by atoms with Crippen molar-refractivity contribution in [2.24, 2.45) is 0 Å². The number of rotatable bonds is 3. The van der Waals surface area contributed by atoms with E-state index in [1.807, 2.05) is 0 Å². The average molecular weight is 180 g/mol. The van der Waals surface area contributed by atoms with Crippen molar-refractivity contribution in [3.05, 3.63) is 0 Å². The van der Waals surface area contributed by atoms with Gasteiger partial charge in [0.1, 0.15) is 6.10 Å². The van der Waals surface area contributed by atoms with Gasteiger partial charge in [0.25, 0.3) is 0 Å². The Hall–Kier alpha value is -0.690. The Balaban J connectivity index is 4.02. The molecule has 12 heavy (non-hydrogen) atoms. The second-order valence-electron chi connectivity index (χ2n) is 2.44. The van der Waals surface area contributed by atoms with Gasteiger partial charge in [-0.05, 0) is 13.8 Å². The minimum Gasteiger partial charge on any atom is -0.452 e. The molecule has 0 heterocycles. The lowest BCUT2D eigenvalue weighted by Crippen LogP contribution is -2.44. The van der Waals surface area contributed by atoms with E-state index in [0.29, 0.717) is 0 Å². The molecule has 0 aromatic heterocycles. The number of aliphatic hydroxyl groups is 4. The van der Waals surface area contributed by atoms with Gasteiger partial charge in [-0.3, -0.25) is 0 Å². The number of carbonyl (C=O) groups is 1. The van der Waals surface area contributed by atoms with E-state index in [9.17, 15) is 4.79 Å². The number of hydrogen-bond acceptors (Lipinski definition) is 6. The number of hydrogen-bond donors (Lipinski definition) is 4. The van der Waals surface area contributed by atoms with Crippen LogP contribution in [0.5, 0.6) is 0 Å². The van der Waals surface area contributed by atoms with Crippen LogP contribution in [0.4, 0.5) is 0 Å². The zero-order valence-corrected chi connectivity index (χ0v) is 6.76. The van der Waals surface area contributed by atoms with E-state index in [4.69, 9.17) is 20.4 Å². The van der Waals surface area contributed by atoms with Crippen LogP contribution in [0.3, 0.4) is 0 Å². The third-order valence-corrected chi connectivity index (χ3v) is 1.18. The summed E-state index contributed by atoms with van der Waals surface area (Å²) in [6.07, 6.45) is -2.88. The molecule has 2 unspecified atom stereocenters. The van der Waals surface area contributed by atoms with Crippen LogP contribution in [0.1, 0.15) is 13.8 Å². The van der Waals surface area contributed by atoms with Crippen molar-refractivity contribution in [3.63, 3.8) is 0 Å². The minimum atomic E-state index is -3.08. The van der Waals surface area contributed by atoms with Gasteiger partial charge in [-0.25, -0.2) is 4.79 Å². The summed E-state index contributed by atoms with van der Waals surface area (Å²) in [6.45, 7) is 2.23. The van der Waals surface area contributed by atoms with Crippen LogP contribution in [-0.4, -0.2) is 44.6 Å². The van der Waals surface area contributed by atoms with Crippen LogP contribution in [0.2, 0.25) is 0 Å². The summed E-state index contributed by atoms with van der Waals surface area (Å²) in [5.74, 6) is -4.12. The second-order valence-corrected chi connectivity index (χ2v) is 2.44. The van der Waals surface area contributed by atoms with Crippen LogP contribution >= 0.6 is 0 Å². The minimum absolute atomic E-state index is 1.04. The molecule has 0 radical (unpaired) electrons. The van der Waals surface area contributed by atoms with E-state index in [-0.39, 0.29) is 0 Å². The van der Waals surface area contributed by atoms with Gasteiger partial charge < -0.3 is 25.2 Å². The van der Waals surface area contributed by atoms with Crippen molar-refractivity contribution >= 4 is 5.97 Å². The first kappa shape index (κ1) is 11.3. The lowest BCUT2D eigenvalue weighted by atomic mass is 10.3. The lowest BCUT2D eigenvalue weighted by molar-refractivity contribution is -0.352. The normalized spacial score (nSPS) is 16.8. The molecule has 0 saturated carbocycles. The Morgan fingerprint density at radius 2 is 1.75 bits per heavy atom. The summed E-state index contributed by atoms with van der Waals surface area (Å²) in [5.41, 5.74) is 0. The third-order valence-electron chi connectivity index (χ3n) is 1.18. The van der Waals surface area contributed by atoms with Crippen LogP contribution in [0.15, 0.2) is 0 Å². The molecule has 6 nitrogen and oxygen atoms in total. The average Bonchev–Trinajstić information content (AvgIpc) is 1.85. The number of aliphatic hydroxyl groups excluding tert-OH is 1. The van der Waals surface area contributed by atoms with E-state index in [1.54, 1.807) is 0 Å². The van der Waals surface area contributed by atoms with Gasteiger partial charge in [-0.1, -0.05) is 0 Å². The quantitative estimate of drug-likeness (QED) is 0.293. The van der Waals surface area contributed by atoms with Crippen LogP contribution < -0.4 is 0 Å². The van der Waals surface area contributed by atoms with E-state index >= 15 is 0 Å². The molecule has 0 rings (SSSR count). The molecular formula is C6H12O6. The molecule has 2 atom stereocenters. The van der Waals surface area contributed by atoms with Gasteiger partial charge in [0.05, 0.1) is 0 Å². The highest BCUT2D eigenvalue weighted by atomic mass is 16.7. The molecule has 4 N–H and O–H groups in total. The molecule has 72 valence electrons. The molecule has 0 aromatic carbocycles. The van der Waals surface area contributed by atoms with E-state index in [0.717, 1.165) is 13.8 Å². The first-order valence-electron chi connectivity index (χ1n) is 3.31. The number of ether oxygens (including phenoxy) is 1. The standard InChI is InChI=1S/C6H12O6/c1-3(7)5(8)12-4(2)6(9,10)11/h3-4,7,9-11H,1-2H3. The Bertz CT molecular complexity index is 158. The van der Waals surface area contributed by atoms with E-state index < -0.39 is 24.2 Å². The lowest BCUT2D eigenvalue weighted by Gasteiger charge is -2.22. The maximum Gasteiger partial charge on any atom is 0.335 e. The summed E-state index contributed by atoms with van der Waals surface area (Å²) < 4.78 is 4.24. The van der Waals surface area contributed by atoms with Gasteiger partial charge in [-0.2, -0.15) is 0 Å². The van der Waals surface area contributed by atoms with Gasteiger partial charge in [0, 0.05) is 0 Å². The first-order chi connectivity index (χ1) is 5.25. The molecule has 0 aromatic rings. The largest absolute Gasteiger partial charge is 0.452 e. The Kier molecular flexibility index (Phi) is 3.59. The topological polar surface area (TPSA) is 107 Å². The zero-order chi connectivity index (χ0) is 9.94. The highest BCUT2D eigenvalue weighted by Gasteiger charge is 2.32. The highest BCUT2D eigenvalue weighted by Crippen LogP contribution is 2.06. The van der Waals surface area contributed by atoms with Crippen molar-refractivity contribution in [1.29, 1.82) is 0 Å². The zero-order valence-electron chi connectivity index (χ0n) is 6.76. The summed E-state index contributed by atoms with van der Waals surface area (Å²) in [5, 5.41) is 34.0.